The maximum atomic E-state index is 12.7. The largest absolute Gasteiger partial charge is 0.573 e. The van der Waals surface area contributed by atoms with Crippen LogP contribution in [0, 0.1) is 0 Å². The standard InChI is InChI=1S/C18H17F3N2O3S/c1-25-13-8-6-12(7-9-13)16-23(10-11-27-16)17(24)22-14-4-2-3-5-15(14)26-18(19,20)21/h2-9,16H,10-11H2,1H3,(H,22,24). The van der Waals surface area contributed by atoms with Crippen LogP contribution in [0.25, 0.3) is 0 Å². The van der Waals surface area contributed by atoms with Crippen molar-refractivity contribution < 1.29 is 27.4 Å². The molecule has 2 amide bonds. The van der Waals surface area contributed by atoms with Crippen LogP contribution in [-0.2, 0) is 0 Å². The minimum absolute atomic E-state index is 0.0368. The Balaban J connectivity index is 1.75. The summed E-state index contributed by atoms with van der Waals surface area (Å²) in [5.74, 6) is 0.979. The number of amides is 2. The van der Waals surface area contributed by atoms with Gasteiger partial charge in [0.15, 0.2) is 5.75 Å². The minimum Gasteiger partial charge on any atom is -0.497 e. The van der Waals surface area contributed by atoms with Crippen LogP contribution in [0.2, 0.25) is 0 Å². The normalized spacial score (nSPS) is 16.9. The molecule has 1 heterocycles. The molecule has 0 spiro atoms. The number of alkyl halides is 3. The molecule has 1 atom stereocenters. The average molecular weight is 398 g/mol. The van der Waals surface area contributed by atoms with Crippen LogP contribution in [0.4, 0.5) is 23.7 Å². The van der Waals surface area contributed by atoms with Gasteiger partial charge in [0.05, 0.1) is 12.8 Å². The van der Waals surface area contributed by atoms with Crippen LogP contribution in [0.1, 0.15) is 10.9 Å². The van der Waals surface area contributed by atoms with E-state index in [1.807, 2.05) is 12.1 Å². The van der Waals surface area contributed by atoms with Gasteiger partial charge in [0, 0.05) is 12.3 Å². The summed E-state index contributed by atoms with van der Waals surface area (Å²) in [6.07, 6.45) is -4.84. The fraction of sp³-hybridized carbons (Fsp3) is 0.278. The highest BCUT2D eigenvalue weighted by molar-refractivity contribution is 7.99. The molecule has 0 radical (unpaired) electrons. The topological polar surface area (TPSA) is 50.8 Å². The van der Waals surface area contributed by atoms with Crippen LogP contribution < -0.4 is 14.8 Å². The number of methoxy groups -OCH3 is 1. The number of rotatable bonds is 4. The van der Waals surface area contributed by atoms with Gasteiger partial charge in [0.1, 0.15) is 11.1 Å². The van der Waals surface area contributed by atoms with Crippen LogP contribution in [0.5, 0.6) is 11.5 Å². The number of benzene rings is 2. The fourth-order valence-corrected chi connectivity index (χ4v) is 3.95. The van der Waals surface area contributed by atoms with Crippen molar-refractivity contribution in [1.29, 1.82) is 0 Å². The first-order valence-electron chi connectivity index (χ1n) is 8.05. The summed E-state index contributed by atoms with van der Waals surface area (Å²) in [5, 5.41) is 2.29. The number of halogens is 3. The van der Waals surface area contributed by atoms with E-state index < -0.39 is 18.1 Å². The number of carbonyl (C=O) groups is 1. The third kappa shape index (κ3) is 4.79. The summed E-state index contributed by atoms with van der Waals surface area (Å²) in [6.45, 7) is 0.482. The maximum Gasteiger partial charge on any atom is 0.573 e. The predicted molar refractivity (Wildman–Crippen MR) is 97.0 cm³/mol. The van der Waals surface area contributed by atoms with E-state index >= 15 is 0 Å². The number of thioether (sulfide) groups is 1. The van der Waals surface area contributed by atoms with Gasteiger partial charge in [-0.3, -0.25) is 0 Å². The van der Waals surface area contributed by atoms with E-state index in [0.29, 0.717) is 12.3 Å². The highest BCUT2D eigenvalue weighted by atomic mass is 32.2. The lowest BCUT2D eigenvalue weighted by Gasteiger charge is -2.25. The average Bonchev–Trinajstić information content (AvgIpc) is 3.12. The maximum absolute atomic E-state index is 12.7. The van der Waals surface area contributed by atoms with E-state index in [1.54, 1.807) is 35.9 Å². The summed E-state index contributed by atoms with van der Waals surface area (Å²) >= 11 is 1.58. The number of anilines is 1. The second-order valence-electron chi connectivity index (χ2n) is 5.66. The van der Waals surface area contributed by atoms with Gasteiger partial charge in [0.25, 0.3) is 0 Å². The molecular formula is C18H17F3N2O3S. The third-order valence-electron chi connectivity index (χ3n) is 3.91. The van der Waals surface area contributed by atoms with E-state index in [1.165, 1.54) is 18.2 Å². The number of hydrogen-bond donors (Lipinski definition) is 1. The summed E-state index contributed by atoms with van der Waals surface area (Å²) in [4.78, 5) is 14.3. The minimum atomic E-state index is -4.84. The molecule has 3 rings (SSSR count). The first kappa shape index (κ1) is 19.2. The molecule has 5 nitrogen and oxygen atoms in total. The van der Waals surface area contributed by atoms with Crippen molar-refractivity contribution in [2.24, 2.45) is 0 Å². The first-order chi connectivity index (χ1) is 12.9. The molecule has 27 heavy (non-hydrogen) atoms. The Bertz CT molecular complexity index is 799. The van der Waals surface area contributed by atoms with Gasteiger partial charge < -0.3 is 19.7 Å². The Hall–Kier alpha value is -2.55. The van der Waals surface area contributed by atoms with Crippen LogP contribution >= 0.6 is 11.8 Å². The van der Waals surface area contributed by atoms with Gasteiger partial charge in [-0.1, -0.05) is 24.3 Å². The molecular weight excluding hydrogens is 381 g/mol. The number of ether oxygens (including phenoxy) is 2. The molecule has 0 aliphatic carbocycles. The smallest absolute Gasteiger partial charge is 0.497 e. The van der Waals surface area contributed by atoms with Crippen LogP contribution in [-0.4, -0.2) is 36.7 Å². The number of hydrogen-bond acceptors (Lipinski definition) is 4. The lowest BCUT2D eigenvalue weighted by Crippen LogP contribution is -2.34. The predicted octanol–water partition coefficient (Wildman–Crippen LogP) is 4.87. The molecule has 1 fully saturated rings. The molecule has 2 aromatic rings. The lowest BCUT2D eigenvalue weighted by molar-refractivity contribution is -0.274. The second-order valence-corrected chi connectivity index (χ2v) is 6.85. The number of para-hydroxylation sites is 2. The summed E-state index contributed by atoms with van der Waals surface area (Å²) in [6, 6.07) is 12.3. The molecule has 1 unspecified atom stereocenters. The zero-order valence-electron chi connectivity index (χ0n) is 14.3. The molecule has 144 valence electrons. The number of nitrogens with one attached hydrogen (secondary N) is 1. The van der Waals surface area contributed by atoms with Gasteiger partial charge in [0.2, 0.25) is 0 Å². The van der Waals surface area contributed by atoms with Gasteiger partial charge in [-0.05, 0) is 29.8 Å². The van der Waals surface area contributed by atoms with E-state index in [9.17, 15) is 18.0 Å². The van der Waals surface area contributed by atoms with Crippen molar-refractivity contribution in [3.05, 3.63) is 54.1 Å². The molecule has 9 heteroatoms. The Kier molecular flexibility index (Phi) is 5.69. The van der Waals surface area contributed by atoms with Crippen molar-refractivity contribution in [2.45, 2.75) is 11.7 Å². The Morgan fingerprint density at radius 2 is 1.89 bits per heavy atom. The van der Waals surface area contributed by atoms with Crippen molar-refractivity contribution in [1.82, 2.24) is 4.90 Å². The molecule has 1 saturated heterocycles. The fourth-order valence-electron chi connectivity index (χ4n) is 2.69. The third-order valence-corrected chi connectivity index (χ3v) is 5.17. The molecule has 1 N–H and O–H groups in total. The molecule has 1 aliphatic rings. The van der Waals surface area contributed by atoms with E-state index in [-0.39, 0.29) is 11.1 Å². The number of carbonyl (C=O) groups excluding carboxylic acids is 1. The van der Waals surface area contributed by atoms with Gasteiger partial charge in [-0.2, -0.15) is 0 Å². The van der Waals surface area contributed by atoms with Crippen LogP contribution in [0.15, 0.2) is 48.5 Å². The molecule has 2 aromatic carbocycles. The van der Waals surface area contributed by atoms with Gasteiger partial charge >= 0.3 is 12.4 Å². The highest BCUT2D eigenvalue weighted by Crippen LogP contribution is 2.39. The second kappa shape index (κ2) is 7.99. The molecule has 0 saturated carbocycles. The quantitative estimate of drug-likeness (QED) is 0.798. The SMILES string of the molecule is COc1ccc(C2SCCN2C(=O)Nc2ccccc2OC(F)(F)F)cc1. The van der Waals surface area contributed by atoms with E-state index in [0.717, 1.165) is 17.4 Å². The highest BCUT2D eigenvalue weighted by Gasteiger charge is 2.34. The van der Waals surface area contributed by atoms with Crippen LogP contribution in [0.3, 0.4) is 0 Å². The van der Waals surface area contributed by atoms with Crippen molar-refractivity contribution in [3.8, 4) is 11.5 Å². The van der Waals surface area contributed by atoms with Crippen molar-refractivity contribution in [3.63, 3.8) is 0 Å². The Labute approximate surface area is 158 Å². The van der Waals surface area contributed by atoms with Gasteiger partial charge in [-0.25, -0.2) is 4.79 Å². The van der Waals surface area contributed by atoms with Crippen molar-refractivity contribution >= 4 is 23.5 Å². The first-order valence-corrected chi connectivity index (χ1v) is 9.10. The molecule has 0 bridgehead atoms. The van der Waals surface area contributed by atoms with E-state index in [2.05, 4.69) is 10.1 Å². The Morgan fingerprint density at radius 1 is 1.19 bits per heavy atom. The number of nitrogens with zero attached hydrogens (tertiary/aromatic N) is 1. The Morgan fingerprint density at radius 3 is 2.56 bits per heavy atom. The zero-order valence-corrected chi connectivity index (χ0v) is 15.1. The number of urea groups is 1. The lowest BCUT2D eigenvalue weighted by atomic mass is 10.2. The summed E-state index contributed by atoms with van der Waals surface area (Å²) < 4.78 is 46.8. The molecule has 0 aromatic heterocycles. The summed E-state index contributed by atoms with van der Waals surface area (Å²) in [5.41, 5.74) is 0.874. The monoisotopic (exact) mass is 398 g/mol. The zero-order chi connectivity index (χ0) is 19.4. The molecule has 1 aliphatic heterocycles. The van der Waals surface area contributed by atoms with E-state index in [4.69, 9.17) is 4.74 Å². The van der Waals surface area contributed by atoms with Crippen molar-refractivity contribution in [2.75, 3.05) is 24.7 Å². The van der Waals surface area contributed by atoms with Gasteiger partial charge in [-0.15, -0.1) is 24.9 Å². The summed E-state index contributed by atoms with van der Waals surface area (Å²) in [7, 11) is 1.57.